The molecular weight excluding hydrogens is 340 g/mol. The van der Waals surface area contributed by atoms with E-state index in [0.717, 1.165) is 51.4 Å². The van der Waals surface area contributed by atoms with Crippen LogP contribution in [0.4, 0.5) is 5.69 Å². The first-order valence-corrected chi connectivity index (χ1v) is 10.6. The van der Waals surface area contributed by atoms with Crippen molar-refractivity contribution in [3.63, 3.8) is 0 Å². The number of para-hydroxylation sites is 1. The van der Waals surface area contributed by atoms with Crippen LogP contribution in [0, 0.1) is 10.1 Å². The third kappa shape index (κ3) is 6.74. The van der Waals surface area contributed by atoms with Gasteiger partial charge in [0.05, 0.1) is 4.92 Å². The largest absolute Gasteiger partial charge is 0.289 e. The Bertz CT molecular complexity index is 620. The van der Waals surface area contributed by atoms with Crippen molar-refractivity contribution >= 4 is 15.7 Å². The maximum Gasteiger partial charge on any atom is 0.289 e. The van der Waals surface area contributed by atoms with Crippen molar-refractivity contribution in [2.45, 2.75) is 70.1 Å². The molecule has 0 bridgehead atoms. The van der Waals surface area contributed by atoms with Gasteiger partial charge in [-0.05, 0) is 18.9 Å². The Kier molecular flexibility index (Phi) is 9.67. The normalized spacial score (nSPS) is 11.8. The van der Waals surface area contributed by atoms with Crippen LogP contribution in [0.15, 0.2) is 29.2 Å². The highest BCUT2D eigenvalue weighted by Gasteiger charge is 2.30. The van der Waals surface area contributed by atoms with Crippen molar-refractivity contribution < 1.29 is 13.3 Å². The van der Waals surface area contributed by atoms with E-state index in [4.69, 9.17) is 0 Å². The van der Waals surface area contributed by atoms with Gasteiger partial charge in [-0.25, -0.2) is 8.42 Å². The van der Waals surface area contributed by atoms with Crippen LogP contribution in [0.25, 0.3) is 0 Å². The second kappa shape index (κ2) is 11.2. The molecule has 0 amide bonds. The molecular formula is C18H30N2O4S. The molecule has 0 atom stereocenters. The summed E-state index contributed by atoms with van der Waals surface area (Å²) in [4.78, 5) is 10.4. The number of sulfonamides is 1. The fourth-order valence-electron chi connectivity index (χ4n) is 2.75. The molecule has 0 saturated heterocycles. The standard InChI is InChI=1S/C18H30N2O4S/c1-3-5-7-11-15-19(16-12-8-6-4-2)25(23,24)18-14-10-9-13-17(18)20(21)22/h9-10,13-14H,3-8,11-12,15-16H2,1-2H3. The molecule has 142 valence electrons. The molecule has 25 heavy (non-hydrogen) atoms. The lowest BCUT2D eigenvalue weighted by Crippen LogP contribution is -2.33. The highest BCUT2D eigenvalue weighted by molar-refractivity contribution is 7.89. The van der Waals surface area contributed by atoms with Gasteiger partial charge in [0.2, 0.25) is 10.0 Å². The summed E-state index contributed by atoms with van der Waals surface area (Å²) in [6, 6.07) is 5.61. The van der Waals surface area contributed by atoms with E-state index in [9.17, 15) is 18.5 Å². The zero-order valence-electron chi connectivity index (χ0n) is 15.3. The molecule has 6 nitrogen and oxygen atoms in total. The van der Waals surface area contributed by atoms with Gasteiger partial charge in [-0.2, -0.15) is 4.31 Å². The minimum atomic E-state index is -3.86. The first-order valence-electron chi connectivity index (χ1n) is 9.18. The summed E-state index contributed by atoms with van der Waals surface area (Å²) in [5, 5.41) is 11.2. The Morgan fingerprint density at radius 1 is 0.920 bits per heavy atom. The Morgan fingerprint density at radius 3 is 1.92 bits per heavy atom. The minimum Gasteiger partial charge on any atom is -0.258 e. The molecule has 0 saturated carbocycles. The first-order chi connectivity index (χ1) is 11.9. The number of unbranched alkanes of at least 4 members (excludes halogenated alkanes) is 6. The maximum absolute atomic E-state index is 13.0. The van der Waals surface area contributed by atoms with E-state index in [1.165, 1.54) is 28.6 Å². The lowest BCUT2D eigenvalue weighted by Gasteiger charge is -2.22. The van der Waals surface area contributed by atoms with E-state index in [1.54, 1.807) is 0 Å². The summed E-state index contributed by atoms with van der Waals surface area (Å²) in [7, 11) is -3.86. The highest BCUT2D eigenvalue weighted by atomic mass is 32.2. The van der Waals surface area contributed by atoms with Gasteiger partial charge < -0.3 is 0 Å². The molecule has 0 fully saturated rings. The quantitative estimate of drug-likeness (QED) is 0.285. The average molecular weight is 371 g/mol. The van der Waals surface area contributed by atoms with E-state index < -0.39 is 14.9 Å². The van der Waals surface area contributed by atoms with Crippen LogP contribution in [-0.4, -0.2) is 30.7 Å². The zero-order chi connectivity index (χ0) is 18.7. The molecule has 1 aromatic rings. The summed E-state index contributed by atoms with van der Waals surface area (Å²) in [5.41, 5.74) is -0.352. The van der Waals surface area contributed by atoms with E-state index >= 15 is 0 Å². The van der Waals surface area contributed by atoms with Gasteiger partial charge in [0.1, 0.15) is 0 Å². The molecule has 1 rings (SSSR count). The Morgan fingerprint density at radius 2 is 1.44 bits per heavy atom. The first kappa shape index (κ1) is 21.6. The summed E-state index contributed by atoms with van der Waals surface area (Å²) >= 11 is 0. The van der Waals surface area contributed by atoms with Crippen LogP contribution >= 0.6 is 0 Å². The summed E-state index contributed by atoms with van der Waals surface area (Å²) < 4.78 is 27.4. The molecule has 0 unspecified atom stereocenters. The predicted molar refractivity (Wildman–Crippen MR) is 100 cm³/mol. The van der Waals surface area contributed by atoms with Crippen molar-refractivity contribution in [3.8, 4) is 0 Å². The van der Waals surface area contributed by atoms with Crippen LogP contribution < -0.4 is 0 Å². The lowest BCUT2D eigenvalue weighted by molar-refractivity contribution is -0.387. The summed E-state index contributed by atoms with van der Waals surface area (Å²) in [5.74, 6) is 0. The van der Waals surface area contributed by atoms with Crippen molar-refractivity contribution in [2.75, 3.05) is 13.1 Å². The molecule has 0 spiro atoms. The second-order valence-corrected chi connectivity index (χ2v) is 8.16. The second-order valence-electron chi connectivity index (χ2n) is 6.25. The molecule has 7 heteroatoms. The molecule has 0 aliphatic rings. The minimum absolute atomic E-state index is 0.203. The van der Waals surface area contributed by atoms with E-state index in [1.807, 2.05) is 0 Å². The van der Waals surface area contributed by atoms with E-state index in [2.05, 4.69) is 13.8 Å². The fourth-order valence-corrected chi connectivity index (χ4v) is 4.42. The number of nitro groups is 1. The monoisotopic (exact) mass is 370 g/mol. The number of hydrogen-bond acceptors (Lipinski definition) is 4. The van der Waals surface area contributed by atoms with Crippen LogP contribution in [0.3, 0.4) is 0 Å². The number of hydrogen-bond donors (Lipinski definition) is 0. The molecule has 0 aliphatic heterocycles. The number of benzene rings is 1. The molecule has 0 radical (unpaired) electrons. The smallest absolute Gasteiger partial charge is 0.258 e. The SMILES string of the molecule is CCCCCCN(CCCCCC)S(=O)(=O)c1ccccc1[N+](=O)[O-]. The van der Waals surface area contributed by atoms with Gasteiger partial charge in [-0.15, -0.1) is 0 Å². The highest BCUT2D eigenvalue weighted by Crippen LogP contribution is 2.27. The molecule has 0 aromatic heterocycles. The number of nitrogens with zero attached hydrogens (tertiary/aromatic N) is 2. The third-order valence-electron chi connectivity index (χ3n) is 4.20. The summed E-state index contributed by atoms with van der Waals surface area (Å²) in [6.45, 7) is 5.04. The van der Waals surface area contributed by atoms with Gasteiger partial charge in [0.15, 0.2) is 4.90 Å². The van der Waals surface area contributed by atoms with Crippen LogP contribution in [-0.2, 0) is 10.0 Å². The average Bonchev–Trinajstić information content (AvgIpc) is 2.60. The van der Waals surface area contributed by atoms with Crippen molar-refractivity contribution in [1.82, 2.24) is 4.31 Å². The topological polar surface area (TPSA) is 80.5 Å². The van der Waals surface area contributed by atoms with Crippen LogP contribution in [0.5, 0.6) is 0 Å². The summed E-state index contributed by atoms with van der Waals surface area (Å²) in [6.07, 6.45) is 7.77. The lowest BCUT2D eigenvalue weighted by atomic mass is 10.2. The zero-order valence-corrected chi connectivity index (χ0v) is 16.1. The predicted octanol–water partition coefficient (Wildman–Crippen LogP) is 4.75. The van der Waals surface area contributed by atoms with E-state index in [0.29, 0.717) is 13.1 Å². The van der Waals surface area contributed by atoms with Gasteiger partial charge in [0.25, 0.3) is 5.69 Å². The molecule has 0 aliphatic carbocycles. The molecule has 0 heterocycles. The van der Waals surface area contributed by atoms with Crippen LogP contribution in [0.1, 0.15) is 65.2 Å². The van der Waals surface area contributed by atoms with Crippen molar-refractivity contribution in [1.29, 1.82) is 0 Å². The number of nitro benzene ring substituents is 1. The fraction of sp³-hybridized carbons (Fsp3) is 0.667. The van der Waals surface area contributed by atoms with Gasteiger partial charge in [-0.1, -0.05) is 64.5 Å². The van der Waals surface area contributed by atoms with Gasteiger partial charge in [0, 0.05) is 19.2 Å². The van der Waals surface area contributed by atoms with Crippen molar-refractivity contribution in [2.24, 2.45) is 0 Å². The molecule has 0 N–H and O–H groups in total. The van der Waals surface area contributed by atoms with Gasteiger partial charge >= 0.3 is 0 Å². The molecule has 1 aromatic carbocycles. The van der Waals surface area contributed by atoms with Gasteiger partial charge in [-0.3, -0.25) is 10.1 Å². The number of rotatable bonds is 13. The van der Waals surface area contributed by atoms with E-state index in [-0.39, 0.29) is 10.6 Å². The Hall–Kier alpha value is -1.47. The van der Waals surface area contributed by atoms with Crippen molar-refractivity contribution in [3.05, 3.63) is 34.4 Å². The maximum atomic E-state index is 13.0. The Labute approximate surface area is 151 Å². The van der Waals surface area contributed by atoms with Crippen LogP contribution in [0.2, 0.25) is 0 Å². The third-order valence-corrected chi connectivity index (χ3v) is 6.15. The Balaban J connectivity index is 2.98.